The number of benzene rings is 2. The quantitative estimate of drug-likeness (QED) is 0.406. The Morgan fingerprint density at radius 2 is 1.68 bits per heavy atom. The fourth-order valence-corrected chi connectivity index (χ4v) is 4.18. The molecule has 144 valence electrons. The molecule has 6 heteroatoms. The molecule has 0 aliphatic carbocycles. The standard InChI is InChI=1S/C22H19F4N2/c1-3-13-6-12(2)28-5-4-27-21(14-7-15(23)9-16(24)8-14)22(28)18-10-17(25)11-19(26)20(13)18/h4-5,7-13H,3,6H2,1-2H3/q+1. The molecule has 0 fully saturated rings. The Hall–Kier alpha value is -2.76. The van der Waals surface area contributed by atoms with Crippen LogP contribution >= 0.6 is 0 Å². The Morgan fingerprint density at radius 3 is 2.36 bits per heavy atom. The molecule has 0 spiro atoms. The fourth-order valence-electron chi connectivity index (χ4n) is 4.18. The summed E-state index contributed by atoms with van der Waals surface area (Å²) in [6.45, 7) is 3.95. The number of nitrogens with zero attached hydrogens (tertiary/aromatic N) is 2. The highest BCUT2D eigenvalue weighted by Gasteiger charge is 2.36. The molecule has 2 atom stereocenters. The fraction of sp³-hybridized carbons (Fsp3) is 0.273. The third-order valence-corrected chi connectivity index (χ3v) is 5.40. The Kier molecular flexibility index (Phi) is 4.65. The third-order valence-electron chi connectivity index (χ3n) is 5.40. The highest BCUT2D eigenvalue weighted by Crippen LogP contribution is 2.42. The van der Waals surface area contributed by atoms with E-state index in [2.05, 4.69) is 4.98 Å². The second-order valence-corrected chi connectivity index (χ2v) is 7.23. The van der Waals surface area contributed by atoms with Crippen LogP contribution in [0.15, 0.2) is 42.7 Å². The van der Waals surface area contributed by atoms with E-state index < -0.39 is 23.3 Å². The maximum absolute atomic E-state index is 14.8. The molecule has 0 N–H and O–H groups in total. The van der Waals surface area contributed by atoms with E-state index >= 15 is 0 Å². The molecule has 4 rings (SSSR count). The SMILES string of the molecule is CCC1CC(C)[n+]2ccnc(-c3cc(F)cc(F)c3)c2-c2cc(F)cc(F)c21. The van der Waals surface area contributed by atoms with E-state index in [-0.39, 0.29) is 23.2 Å². The van der Waals surface area contributed by atoms with E-state index in [4.69, 9.17) is 0 Å². The highest BCUT2D eigenvalue weighted by molar-refractivity contribution is 5.78. The van der Waals surface area contributed by atoms with Crippen LogP contribution < -0.4 is 4.57 Å². The molecule has 1 aliphatic rings. The summed E-state index contributed by atoms with van der Waals surface area (Å²) in [5.74, 6) is -2.89. The minimum absolute atomic E-state index is 0.0324. The number of hydrogen-bond donors (Lipinski definition) is 0. The smallest absolute Gasteiger partial charge is 0.239 e. The van der Waals surface area contributed by atoms with Gasteiger partial charge in [0.15, 0.2) is 12.2 Å². The number of fused-ring (bicyclic) bond motifs is 3. The predicted octanol–water partition coefficient (Wildman–Crippen LogP) is 5.72. The van der Waals surface area contributed by atoms with Gasteiger partial charge in [-0.05, 0) is 37.5 Å². The molecule has 0 radical (unpaired) electrons. The van der Waals surface area contributed by atoms with Crippen molar-refractivity contribution >= 4 is 0 Å². The minimum atomic E-state index is -0.738. The van der Waals surface area contributed by atoms with Gasteiger partial charge in [0.1, 0.15) is 29.0 Å². The van der Waals surface area contributed by atoms with Gasteiger partial charge in [-0.1, -0.05) is 6.92 Å². The first-order valence-electron chi connectivity index (χ1n) is 9.25. The topological polar surface area (TPSA) is 16.8 Å². The van der Waals surface area contributed by atoms with Gasteiger partial charge in [0.25, 0.3) is 0 Å². The Labute approximate surface area is 160 Å². The van der Waals surface area contributed by atoms with Crippen molar-refractivity contribution in [3.63, 3.8) is 0 Å². The first-order chi connectivity index (χ1) is 13.4. The lowest BCUT2D eigenvalue weighted by atomic mass is 9.87. The van der Waals surface area contributed by atoms with Gasteiger partial charge in [-0.2, -0.15) is 4.57 Å². The zero-order valence-electron chi connectivity index (χ0n) is 15.5. The Morgan fingerprint density at radius 1 is 1.00 bits per heavy atom. The normalized spacial score (nSPS) is 18.4. The van der Waals surface area contributed by atoms with Gasteiger partial charge in [-0.15, -0.1) is 0 Å². The zero-order chi connectivity index (χ0) is 20.0. The molecular formula is C22H19F4N2+. The second kappa shape index (κ2) is 7.00. The Balaban J connectivity index is 2.10. The number of hydrogen-bond acceptors (Lipinski definition) is 1. The summed E-state index contributed by atoms with van der Waals surface area (Å²) in [7, 11) is 0. The van der Waals surface area contributed by atoms with Gasteiger partial charge in [0, 0.05) is 29.7 Å². The number of rotatable bonds is 2. The van der Waals surface area contributed by atoms with E-state index in [1.54, 1.807) is 12.4 Å². The average Bonchev–Trinajstić information content (AvgIpc) is 2.76. The monoisotopic (exact) mass is 387 g/mol. The molecule has 0 amide bonds. The van der Waals surface area contributed by atoms with E-state index in [1.165, 1.54) is 18.2 Å². The first kappa shape index (κ1) is 18.6. The van der Waals surface area contributed by atoms with Crippen LogP contribution in [0, 0.1) is 23.3 Å². The zero-order valence-corrected chi connectivity index (χ0v) is 15.5. The number of aromatic nitrogens is 2. The van der Waals surface area contributed by atoms with Crippen molar-refractivity contribution in [3.8, 4) is 22.5 Å². The maximum atomic E-state index is 14.8. The highest BCUT2D eigenvalue weighted by atomic mass is 19.1. The van der Waals surface area contributed by atoms with Crippen LogP contribution in [0.4, 0.5) is 17.6 Å². The Bertz CT molecular complexity index is 1040. The van der Waals surface area contributed by atoms with Gasteiger partial charge in [0.05, 0.1) is 11.8 Å². The lowest BCUT2D eigenvalue weighted by molar-refractivity contribution is -0.709. The summed E-state index contributed by atoms with van der Waals surface area (Å²) < 4.78 is 58.6. The molecule has 0 saturated carbocycles. The molecule has 2 heterocycles. The van der Waals surface area contributed by atoms with Crippen molar-refractivity contribution < 1.29 is 22.1 Å². The summed E-state index contributed by atoms with van der Waals surface area (Å²) in [5.41, 5.74) is 1.77. The molecule has 1 aliphatic heterocycles. The summed E-state index contributed by atoms with van der Waals surface area (Å²) >= 11 is 0. The largest absolute Gasteiger partial charge is 0.243 e. The molecular weight excluding hydrogens is 368 g/mol. The minimum Gasteiger partial charge on any atom is -0.243 e. The van der Waals surface area contributed by atoms with Gasteiger partial charge in [-0.25, -0.2) is 22.5 Å². The molecule has 2 unspecified atom stereocenters. The van der Waals surface area contributed by atoms with Gasteiger partial charge < -0.3 is 0 Å². The predicted molar refractivity (Wildman–Crippen MR) is 97.5 cm³/mol. The molecule has 2 nitrogen and oxygen atoms in total. The van der Waals surface area contributed by atoms with Crippen LogP contribution in [0.3, 0.4) is 0 Å². The van der Waals surface area contributed by atoms with E-state index in [0.717, 1.165) is 12.1 Å². The lowest BCUT2D eigenvalue weighted by Crippen LogP contribution is -2.40. The van der Waals surface area contributed by atoms with Crippen LogP contribution in [-0.2, 0) is 0 Å². The van der Waals surface area contributed by atoms with Crippen molar-refractivity contribution in [1.82, 2.24) is 4.98 Å². The van der Waals surface area contributed by atoms with Crippen LogP contribution in [0.5, 0.6) is 0 Å². The molecule has 0 bridgehead atoms. The molecule has 28 heavy (non-hydrogen) atoms. The molecule has 1 aromatic heterocycles. The van der Waals surface area contributed by atoms with Crippen molar-refractivity contribution in [2.45, 2.75) is 38.6 Å². The van der Waals surface area contributed by atoms with Crippen LogP contribution in [0.25, 0.3) is 22.5 Å². The van der Waals surface area contributed by atoms with E-state index in [1.807, 2.05) is 18.4 Å². The second-order valence-electron chi connectivity index (χ2n) is 7.23. The third kappa shape index (κ3) is 3.07. The summed E-state index contributed by atoms with van der Waals surface area (Å²) in [5, 5.41) is 0. The van der Waals surface area contributed by atoms with E-state index in [0.29, 0.717) is 29.7 Å². The lowest BCUT2D eigenvalue weighted by Gasteiger charge is -2.16. The van der Waals surface area contributed by atoms with E-state index in [9.17, 15) is 17.6 Å². The van der Waals surface area contributed by atoms with Crippen LogP contribution in [-0.4, -0.2) is 4.98 Å². The summed E-state index contributed by atoms with van der Waals surface area (Å²) in [6.07, 6.45) is 4.63. The molecule has 3 aromatic rings. The average molecular weight is 387 g/mol. The summed E-state index contributed by atoms with van der Waals surface area (Å²) in [6, 6.07) is 5.27. The van der Waals surface area contributed by atoms with Crippen molar-refractivity contribution in [2.75, 3.05) is 0 Å². The summed E-state index contributed by atoms with van der Waals surface area (Å²) in [4.78, 5) is 4.33. The van der Waals surface area contributed by atoms with Gasteiger partial charge >= 0.3 is 0 Å². The van der Waals surface area contributed by atoms with Crippen molar-refractivity contribution in [1.29, 1.82) is 0 Å². The maximum Gasteiger partial charge on any atom is 0.239 e. The van der Waals surface area contributed by atoms with Crippen LogP contribution in [0.1, 0.15) is 44.2 Å². The van der Waals surface area contributed by atoms with Crippen molar-refractivity contribution in [3.05, 3.63) is 71.6 Å². The number of halogens is 4. The van der Waals surface area contributed by atoms with Crippen molar-refractivity contribution in [2.24, 2.45) is 0 Å². The van der Waals surface area contributed by atoms with Gasteiger partial charge in [0.2, 0.25) is 5.69 Å². The molecule has 2 aromatic carbocycles. The first-order valence-corrected chi connectivity index (χ1v) is 9.25. The van der Waals surface area contributed by atoms with Crippen LogP contribution in [0.2, 0.25) is 0 Å². The van der Waals surface area contributed by atoms with Gasteiger partial charge in [-0.3, -0.25) is 0 Å². The molecule has 0 saturated heterocycles.